The first-order chi connectivity index (χ1) is 31.3. The summed E-state index contributed by atoms with van der Waals surface area (Å²) in [5, 5.41) is 10.4. The summed E-state index contributed by atoms with van der Waals surface area (Å²) in [6.45, 7) is 0. The van der Waals surface area contributed by atoms with Gasteiger partial charge in [0.05, 0.1) is 27.8 Å². The lowest BCUT2D eigenvalue weighted by Gasteiger charge is -2.35. The zero-order chi connectivity index (χ0) is 41.7. The Labute approximate surface area is 368 Å². The topological polar surface area (TPSA) is 9.86 Å². The molecule has 0 N–H and O–H groups in total. The van der Waals surface area contributed by atoms with Crippen molar-refractivity contribution in [2.45, 2.75) is 0 Å². The van der Waals surface area contributed by atoms with E-state index in [-0.39, 0.29) is 0 Å². The Morgan fingerprint density at radius 1 is 0.270 bits per heavy atom. The number of nitrogens with zero attached hydrogens (tertiary/aromatic N) is 2. The van der Waals surface area contributed by atoms with Crippen LogP contribution in [0.2, 0.25) is 0 Å². The van der Waals surface area contributed by atoms with Crippen LogP contribution in [0.25, 0.3) is 77.2 Å². The predicted octanol–water partition coefficient (Wildman–Crippen LogP) is 12.6. The van der Waals surface area contributed by atoms with Crippen LogP contribution >= 0.6 is 0 Å². The van der Waals surface area contributed by atoms with Crippen molar-refractivity contribution in [2.75, 3.05) is 0 Å². The first-order valence-electron chi connectivity index (χ1n) is 21.8. The smallest absolute Gasteiger partial charge is 0.179 e. The molecule has 0 fully saturated rings. The molecule has 2 heterocycles. The number of aromatic nitrogens is 2. The minimum Gasteiger partial charge on any atom is -0.309 e. The van der Waals surface area contributed by atoms with E-state index in [0.717, 1.165) is 5.69 Å². The Morgan fingerprint density at radius 2 is 0.714 bits per heavy atom. The van der Waals surface area contributed by atoms with Gasteiger partial charge >= 0.3 is 0 Å². The predicted molar refractivity (Wildman–Crippen MR) is 270 cm³/mol. The van der Waals surface area contributed by atoms with Crippen molar-refractivity contribution in [2.24, 2.45) is 0 Å². The van der Waals surface area contributed by atoms with Crippen molar-refractivity contribution in [1.82, 2.24) is 9.13 Å². The maximum Gasteiger partial charge on any atom is 0.179 e. The van der Waals surface area contributed by atoms with Crippen LogP contribution in [0.4, 0.5) is 0 Å². The molecule has 12 aromatic rings. The highest BCUT2D eigenvalue weighted by Crippen LogP contribution is 2.42. The molecular weight excluding hydrogens is 777 g/mol. The van der Waals surface area contributed by atoms with E-state index in [1.165, 1.54) is 92.3 Å². The van der Waals surface area contributed by atoms with Gasteiger partial charge in [0.15, 0.2) is 8.07 Å². The van der Waals surface area contributed by atoms with Gasteiger partial charge in [0.25, 0.3) is 0 Å². The molecule has 0 saturated heterocycles. The monoisotopic (exact) mass is 818 g/mol. The third-order valence-corrected chi connectivity index (χ3v) is 17.9. The molecule has 10 aromatic carbocycles. The zero-order valence-corrected chi connectivity index (χ0v) is 35.6. The summed E-state index contributed by atoms with van der Waals surface area (Å²) in [6, 6.07) is 94.2. The highest BCUT2D eigenvalue weighted by molar-refractivity contribution is 7.19. The molecule has 2 nitrogen and oxygen atoms in total. The molecule has 0 bridgehead atoms. The van der Waals surface area contributed by atoms with Gasteiger partial charge in [-0.05, 0) is 85.5 Å². The highest BCUT2D eigenvalue weighted by Gasteiger charge is 2.41. The first kappa shape index (κ1) is 36.8. The fourth-order valence-electron chi connectivity index (χ4n) is 10.4. The van der Waals surface area contributed by atoms with Gasteiger partial charge < -0.3 is 9.13 Å². The summed E-state index contributed by atoms with van der Waals surface area (Å²) in [6.07, 6.45) is 0. The molecule has 3 heteroatoms. The standard InChI is InChI=1S/C60H42N2Si/c1-5-20-43(21-6-1)44-38-40-49(41-39-44)63(47-25-9-3-10-26-47,48-27-11-4-12-28-48)50-29-17-24-46(42-50)61-54-33-15-14-31-53(54)60-57(61)36-19-37-58(60)62-55-34-16-13-30-52(55)59-51(32-18-35-56(59)62)45-22-7-2-8-23-45/h1-42H. The maximum atomic E-state index is 2.49. The summed E-state index contributed by atoms with van der Waals surface area (Å²) >= 11 is 0. The molecule has 0 radical (unpaired) electrons. The molecule has 0 spiro atoms. The molecule has 296 valence electrons. The maximum absolute atomic E-state index is 2.87. The van der Waals surface area contributed by atoms with Crippen molar-refractivity contribution in [3.63, 3.8) is 0 Å². The third kappa shape index (κ3) is 5.85. The van der Waals surface area contributed by atoms with Gasteiger partial charge in [-0.15, -0.1) is 0 Å². The molecule has 0 saturated carbocycles. The number of hydrogen-bond acceptors (Lipinski definition) is 0. The van der Waals surface area contributed by atoms with Crippen molar-refractivity contribution >= 4 is 72.4 Å². The number of para-hydroxylation sites is 2. The SMILES string of the molecule is c1ccc(-c2ccc([Si](c3ccccc3)(c3ccccc3)c3cccc(-n4c5ccccc5c5c(-n6c7ccccc7c7c(-c8ccccc8)cccc76)cccc54)c3)cc2)cc1. The Balaban J connectivity index is 1.11. The van der Waals surface area contributed by atoms with Crippen molar-refractivity contribution < 1.29 is 0 Å². The van der Waals surface area contributed by atoms with E-state index in [2.05, 4.69) is 264 Å². The fraction of sp³-hybridized carbons (Fsp3) is 0. The summed E-state index contributed by atoms with van der Waals surface area (Å²) in [4.78, 5) is 0. The van der Waals surface area contributed by atoms with E-state index in [4.69, 9.17) is 0 Å². The molecule has 0 atom stereocenters. The normalized spacial score (nSPS) is 11.8. The largest absolute Gasteiger partial charge is 0.309 e. The Hall–Kier alpha value is -7.98. The minimum atomic E-state index is -2.87. The third-order valence-electron chi connectivity index (χ3n) is 13.1. The number of rotatable bonds is 8. The Morgan fingerprint density at radius 3 is 1.37 bits per heavy atom. The van der Waals surface area contributed by atoms with E-state index in [1.54, 1.807) is 0 Å². The van der Waals surface area contributed by atoms with Gasteiger partial charge in [0, 0.05) is 27.2 Å². The molecule has 2 aromatic heterocycles. The van der Waals surface area contributed by atoms with E-state index in [1.807, 2.05) is 0 Å². The average Bonchev–Trinajstić information content (AvgIpc) is 3.89. The molecular formula is C60H42N2Si. The van der Waals surface area contributed by atoms with Gasteiger partial charge in [-0.3, -0.25) is 0 Å². The average molecular weight is 819 g/mol. The summed E-state index contributed by atoms with van der Waals surface area (Å²) < 4.78 is 4.99. The second-order valence-corrected chi connectivity index (χ2v) is 20.2. The van der Waals surface area contributed by atoms with E-state index in [9.17, 15) is 0 Å². The molecule has 63 heavy (non-hydrogen) atoms. The van der Waals surface area contributed by atoms with Crippen LogP contribution in [-0.2, 0) is 0 Å². The Bertz CT molecular complexity index is 3550. The van der Waals surface area contributed by atoms with Crippen LogP contribution in [0.5, 0.6) is 0 Å². The molecule has 0 aliphatic heterocycles. The van der Waals surface area contributed by atoms with E-state index in [0.29, 0.717) is 0 Å². The first-order valence-corrected chi connectivity index (χ1v) is 23.8. The van der Waals surface area contributed by atoms with Crippen molar-refractivity contribution in [3.8, 4) is 33.6 Å². The minimum absolute atomic E-state index is 1.15. The van der Waals surface area contributed by atoms with Crippen LogP contribution in [0.1, 0.15) is 0 Å². The van der Waals surface area contributed by atoms with E-state index < -0.39 is 8.07 Å². The van der Waals surface area contributed by atoms with Crippen LogP contribution < -0.4 is 20.7 Å². The van der Waals surface area contributed by atoms with Gasteiger partial charge in [-0.2, -0.15) is 0 Å². The van der Waals surface area contributed by atoms with Crippen molar-refractivity contribution in [3.05, 3.63) is 255 Å². The van der Waals surface area contributed by atoms with Crippen molar-refractivity contribution in [1.29, 1.82) is 0 Å². The second kappa shape index (κ2) is 15.2. The molecule has 12 rings (SSSR count). The van der Waals surface area contributed by atoms with Crippen LogP contribution in [0.15, 0.2) is 255 Å². The summed E-state index contributed by atoms with van der Waals surface area (Å²) in [5.74, 6) is 0. The van der Waals surface area contributed by atoms with Crippen LogP contribution in [-0.4, -0.2) is 17.2 Å². The molecule has 0 unspecified atom stereocenters. The molecule has 0 aliphatic carbocycles. The van der Waals surface area contributed by atoms with E-state index >= 15 is 0 Å². The summed E-state index contributed by atoms with van der Waals surface area (Å²) in [7, 11) is -2.87. The number of hydrogen-bond donors (Lipinski definition) is 0. The second-order valence-electron chi connectivity index (χ2n) is 16.4. The van der Waals surface area contributed by atoms with Gasteiger partial charge in [0.2, 0.25) is 0 Å². The number of fused-ring (bicyclic) bond motifs is 6. The zero-order valence-electron chi connectivity index (χ0n) is 34.6. The lowest BCUT2D eigenvalue weighted by Crippen LogP contribution is -2.74. The van der Waals surface area contributed by atoms with Gasteiger partial charge in [-0.25, -0.2) is 0 Å². The number of benzene rings is 10. The van der Waals surface area contributed by atoms with Gasteiger partial charge in [-0.1, -0.05) is 212 Å². The van der Waals surface area contributed by atoms with Gasteiger partial charge in [0.1, 0.15) is 0 Å². The van der Waals surface area contributed by atoms with Crippen LogP contribution in [0.3, 0.4) is 0 Å². The Kier molecular flexibility index (Phi) is 8.87. The summed E-state index contributed by atoms with van der Waals surface area (Å²) in [5.41, 5.74) is 12.0. The molecule has 0 aliphatic rings. The highest BCUT2D eigenvalue weighted by atomic mass is 28.3. The fourth-order valence-corrected chi connectivity index (χ4v) is 15.2. The lowest BCUT2D eigenvalue weighted by atomic mass is 9.99. The molecule has 0 amide bonds. The quantitative estimate of drug-likeness (QED) is 0.107. The lowest BCUT2D eigenvalue weighted by molar-refractivity contribution is 1.17. The van der Waals surface area contributed by atoms with Crippen LogP contribution in [0, 0.1) is 0 Å².